The lowest BCUT2D eigenvalue weighted by molar-refractivity contribution is -0.305. The number of imide groups is 1. The maximum Gasteiger partial charge on any atom is 0.261 e. The van der Waals surface area contributed by atoms with Crippen molar-refractivity contribution in [3.05, 3.63) is 65.2 Å². The molecule has 26 heavy (non-hydrogen) atoms. The fourth-order valence-corrected chi connectivity index (χ4v) is 3.22. The van der Waals surface area contributed by atoms with Gasteiger partial charge in [0.25, 0.3) is 11.8 Å². The van der Waals surface area contributed by atoms with E-state index in [-0.39, 0.29) is 6.54 Å². The van der Waals surface area contributed by atoms with E-state index >= 15 is 0 Å². The Morgan fingerprint density at radius 3 is 2.31 bits per heavy atom. The van der Waals surface area contributed by atoms with E-state index in [1.54, 1.807) is 42.1 Å². The molecular weight excluding hydrogens is 350 g/mol. The number of carbonyl (C=O) groups excluding carboxylic acids is 3. The van der Waals surface area contributed by atoms with E-state index in [0.29, 0.717) is 16.7 Å². The minimum absolute atomic E-state index is 0.211. The third-order valence-corrected chi connectivity index (χ3v) is 4.88. The highest BCUT2D eigenvalue weighted by atomic mass is 32.2. The van der Waals surface area contributed by atoms with Crippen LogP contribution in [0.25, 0.3) is 11.6 Å². The molecule has 2 aromatic rings. The molecule has 0 saturated heterocycles. The van der Waals surface area contributed by atoms with Gasteiger partial charge < -0.3 is 9.90 Å². The van der Waals surface area contributed by atoms with Gasteiger partial charge in [0.15, 0.2) is 0 Å². The highest BCUT2D eigenvalue weighted by Crippen LogP contribution is 2.30. The Hall–Kier alpha value is -2.86. The Kier molecular flexibility index (Phi) is 5.23. The van der Waals surface area contributed by atoms with E-state index in [9.17, 15) is 19.5 Å². The minimum Gasteiger partial charge on any atom is -0.550 e. The van der Waals surface area contributed by atoms with Gasteiger partial charge >= 0.3 is 0 Å². The zero-order chi connectivity index (χ0) is 18.7. The Labute approximate surface area is 155 Å². The molecule has 5 nitrogen and oxygen atoms in total. The number of benzene rings is 2. The summed E-state index contributed by atoms with van der Waals surface area (Å²) in [6.45, 7) is -0.211. The fourth-order valence-electron chi connectivity index (χ4n) is 2.82. The van der Waals surface area contributed by atoms with Gasteiger partial charge in [-0.05, 0) is 41.7 Å². The predicted molar refractivity (Wildman–Crippen MR) is 98.2 cm³/mol. The van der Waals surface area contributed by atoms with Gasteiger partial charge in [-0.1, -0.05) is 30.3 Å². The third-order valence-electron chi connectivity index (χ3n) is 4.13. The van der Waals surface area contributed by atoms with Gasteiger partial charge in [-0.3, -0.25) is 14.5 Å². The van der Waals surface area contributed by atoms with E-state index in [0.717, 1.165) is 15.4 Å². The number of carboxylic acids is 1. The zero-order valence-corrected chi connectivity index (χ0v) is 14.9. The molecule has 0 radical (unpaired) electrons. The summed E-state index contributed by atoms with van der Waals surface area (Å²) in [4.78, 5) is 38.3. The van der Waals surface area contributed by atoms with Crippen molar-refractivity contribution in [2.45, 2.75) is 11.3 Å². The van der Waals surface area contributed by atoms with Crippen LogP contribution in [0, 0.1) is 0 Å². The monoisotopic (exact) mass is 366 g/mol. The number of carboxylic acid groups (broad SMARTS) is 1. The van der Waals surface area contributed by atoms with Gasteiger partial charge in [-0.25, -0.2) is 0 Å². The molecule has 132 valence electrons. The summed E-state index contributed by atoms with van der Waals surface area (Å²) in [5.41, 5.74) is 2.14. The first-order valence-corrected chi connectivity index (χ1v) is 9.25. The number of nitrogens with zero attached hydrogens (tertiary/aromatic N) is 1. The first-order chi connectivity index (χ1) is 12.5. The molecule has 0 unspecified atom stereocenters. The second-order valence-electron chi connectivity index (χ2n) is 5.76. The number of aliphatic carboxylic acids is 1. The van der Waals surface area contributed by atoms with E-state index < -0.39 is 24.2 Å². The Morgan fingerprint density at radius 2 is 1.69 bits per heavy atom. The third kappa shape index (κ3) is 3.55. The summed E-state index contributed by atoms with van der Waals surface area (Å²) in [7, 11) is 0. The Balaban J connectivity index is 2.05. The smallest absolute Gasteiger partial charge is 0.261 e. The molecule has 0 fully saturated rings. The average molecular weight is 366 g/mol. The lowest BCUT2D eigenvalue weighted by atomic mass is 9.92. The van der Waals surface area contributed by atoms with Crippen molar-refractivity contribution in [3.63, 3.8) is 0 Å². The van der Waals surface area contributed by atoms with E-state index in [4.69, 9.17) is 0 Å². The van der Waals surface area contributed by atoms with Crippen LogP contribution in [0.3, 0.4) is 0 Å². The number of fused-ring (bicyclic) bond motifs is 1. The maximum absolute atomic E-state index is 12.9. The van der Waals surface area contributed by atoms with Crippen molar-refractivity contribution in [3.8, 4) is 0 Å². The summed E-state index contributed by atoms with van der Waals surface area (Å²) >= 11 is 1.62. The molecular formula is C20H16NO4S-. The van der Waals surface area contributed by atoms with Gasteiger partial charge in [-0.2, -0.15) is 0 Å². The van der Waals surface area contributed by atoms with Gasteiger partial charge in [0.1, 0.15) is 0 Å². The molecule has 0 bridgehead atoms. The van der Waals surface area contributed by atoms with Crippen molar-refractivity contribution in [2.75, 3.05) is 12.8 Å². The molecule has 0 atom stereocenters. The van der Waals surface area contributed by atoms with E-state index in [1.165, 1.54) is 0 Å². The van der Waals surface area contributed by atoms with Crippen molar-refractivity contribution in [1.82, 2.24) is 4.90 Å². The predicted octanol–water partition coefficient (Wildman–Crippen LogP) is 2.07. The highest BCUT2D eigenvalue weighted by molar-refractivity contribution is 7.98. The molecule has 3 rings (SSSR count). The standard InChI is InChI=1S/C20H17NO4S/c1-26-14-8-6-13(7-9-14)12-17-15-4-2-3-5-16(15)19(24)21(20(17)25)11-10-18(22)23/h2-9,12H,10-11H2,1H3,(H,22,23)/p-1/b17-12-. The van der Waals surface area contributed by atoms with Crippen molar-refractivity contribution >= 4 is 41.2 Å². The van der Waals surface area contributed by atoms with Gasteiger partial charge in [0, 0.05) is 35.0 Å². The van der Waals surface area contributed by atoms with Crippen LogP contribution >= 0.6 is 11.8 Å². The van der Waals surface area contributed by atoms with Crippen molar-refractivity contribution in [2.24, 2.45) is 0 Å². The van der Waals surface area contributed by atoms with Crippen LogP contribution in [0.2, 0.25) is 0 Å². The second-order valence-corrected chi connectivity index (χ2v) is 6.64. The quantitative estimate of drug-likeness (QED) is 0.460. The van der Waals surface area contributed by atoms with Gasteiger partial charge in [0.2, 0.25) is 0 Å². The number of hydrogen-bond acceptors (Lipinski definition) is 5. The maximum atomic E-state index is 12.9. The number of thioether (sulfide) groups is 1. The molecule has 1 aliphatic rings. The number of rotatable bonds is 5. The highest BCUT2D eigenvalue weighted by Gasteiger charge is 2.34. The largest absolute Gasteiger partial charge is 0.550 e. The molecule has 0 spiro atoms. The van der Waals surface area contributed by atoms with Crippen LogP contribution in [-0.2, 0) is 9.59 Å². The first kappa shape index (κ1) is 17.9. The number of carbonyl (C=O) groups is 3. The van der Waals surface area contributed by atoms with Crippen LogP contribution < -0.4 is 5.11 Å². The fraction of sp³-hybridized carbons (Fsp3) is 0.150. The van der Waals surface area contributed by atoms with Crippen molar-refractivity contribution in [1.29, 1.82) is 0 Å². The van der Waals surface area contributed by atoms with Crippen LogP contribution in [0.15, 0.2) is 53.4 Å². The Bertz CT molecular complexity index is 902. The normalized spacial score (nSPS) is 15.3. The first-order valence-electron chi connectivity index (χ1n) is 8.02. The Morgan fingerprint density at radius 1 is 1.04 bits per heavy atom. The lowest BCUT2D eigenvalue weighted by Gasteiger charge is -2.28. The zero-order valence-electron chi connectivity index (χ0n) is 14.1. The van der Waals surface area contributed by atoms with E-state index in [2.05, 4.69) is 0 Å². The summed E-state index contributed by atoms with van der Waals surface area (Å²) < 4.78 is 0. The van der Waals surface area contributed by atoms with Crippen molar-refractivity contribution < 1.29 is 19.5 Å². The molecule has 0 aliphatic carbocycles. The number of amides is 2. The van der Waals surface area contributed by atoms with Gasteiger partial charge in [0.05, 0.1) is 0 Å². The molecule has 0 aromatic heterocycles. The summed E-state index contributed by atoms with van der Waals surface area (Å²) in [5, 5.41) is 10.8. The molecule has 2 amide bonds. The summed E-state index contributed by atoms with van der Waals surface area (Å²) in [6, 6.07) is 14.6. The number of hydrogen-bond donors (Lipinski definition) is 0. The second kappa shape index (κ2) is 7.58. The van der Waals surface area contributed by atoms with Gasteiger partial charge in [-0.15, -0.1) is 11.8 Å². The summed E-state index contributed by atoms with van der Waals surface area (Å²) in [6.07, 6.45) is 3.31. The average Bonchev–Trinajstić information content (AvgIpc) is 2.65. The minimum atomic E-state index is -1.30. The lowest BCUT2D eigenvalue weighted by Crippen LogP contribution is -2.43. The molecule has 2 aromatic carbocycles. The molecule has 6 heteroatoms. The molecule has 0 saturated carbocycles. The SMILES string of the molecule is CSc1ccc(/C=C2\C(=O)N(CCC(=O)[O-])C(=O)c3ccccc32)cc1. The van der Waals surface area contributed by atoms with Crippen LogP contribution in [0.1, 0.15) is 27.9 Å². The summed E-state index contributed by atoms with van der Waals surface area (Å²) in [5.74, 6) is -2.28. The molecule has 1 aliphatic heterocycles. The molecule has 1 heterocycles. The topological polar surface area (TPSA) is 77.5 Å². The van der Waals surface area contributed by atoms with Crippen LogP contribution in [0.4, 0.5) is 0 Å². The van der Waals surface area contributed by atoms with E-state index in [1.807, 2.05) is 30.5 Å². The van der Waals surface area contributed by atoms with Crippen LogP contribution in [0.5, 0.6) is 0 Å². The molecule has 0 N–H and O–H groups in total. The van der Waals surface area contributed by atoms with Crippen LogP contribution in [-0.4, -0.2) is 35.5 Å².